The number of primary sulfonamides is 1. The fourth-order valence-corrected chi connectivity index (χ4v) is 2.83. The van der Waals surface area contributed by atoms with Crippen LogP contribution in [0.3, 0.4) is 0 Å². The lowest BCUT2D eigenvalue weighted by atomic mass is 10.2. The predicted octanol–water partition coefficient (Wildman–Crippen LogP) is -0.609. The molecule has 1 aliphatic heterocycles. The molecule has 0 bridgehead atoms. The van der Waals surface area contributed by atoms with Crippen LogP contribution in [0, 0.1) is 10.1 Å². The van der Waals surface area contributed by atoms with Gasteiger partial charge >= 0.3 is 0 Å². The van der Waals surface area contributed by atoms with Crippen LogP contribution in [0.5, 0.6) is 5.75 Å². The molecule has 0 saturated carbocycles. The zero-order valence-electron chi connectivity index (χ0n) is 11.8. The highest BCUT2D eigenvalue weighted by Crippen LogP contribution is 2.39. The minimum Gasteiger partial charge on any atom is -0.489 e. The fraction of sp³-hybridized carbons (Fsp3) is 0.400. The lowest BCUT2D eigenvalue weighted by Crippen LogP contribution is -2.36. The summed E-state index contributed by atoms with van der Waals surface area (Å²) in [7, 11) is -7.83. The van der Waals surface area contributed by atoms with Crippen molar-refractivity contribution >= 4 is 31.5 Å². The molecular formula is C10H13N3O8S2. The summed E-state index contributed by atoms with van der Waals surface area (Å²) in [4.78, 5) is 9.86. The molecule has 1 aromatic rings. The van der Waals surface area contributed by atoms with E-state index in [0.717, 1.165) is 18.4 Å². The maximum absolute atomic E-state index is 11.4. The highest BCUT2D eigenvalue weighted by molar-refractivity contribution is 7.89. The van der Waals surface area contributed by atoms with Gasteiger partial charge in [-0.3, -0.25) is 14.3 Å². The van der Waals surface area contributed by atoms with E-state index in [9.17, 15) is 26.9 Å². The van der Waals surface area contributed by atoms with Crippen molar-refractivity contribution in [2.24, 2.45) is 5.14 Å². The molecule has 13 heteroatoms. The number of ether oxygens (including phenoxy) is 1. The van der Waals surface area contributed by atoms with Crippen LogP contribution in [0.4, 0.5) is 11.4 Å². The van der Waals surface area contributed by atoms with E-state index in [-0.39, 0.29) is 24.7 Å². The minimum absolute atomic E-state index is 0.0705. The van der Waals surface area contributed by atoms with Crippen LogP contribution in [0.2, 0.25) is 0 Å². The van der Waals surface area contributed by atoms with Gasteiger partial charge in [0.05, 0.1) is 28.7 Å². The van der Waals surface area contributed by atoms with Crippen molar-refractivity contribution in [3.05, 3.63) is 22.2 Å². The van der Waals surface area contributed by atoms with E-state index in [1.165, 1.54) is 0 Å². The molecule has 0 amide bonds. The minimum atomic E-state index is -4.15. The third-order valence-electron chi connectivity index (χ3n) is 2.85. The Hall–Kier alpha value is -1.96. The molecule has 0 aliphatic carbocycles. The maximum atomic E-state index is 11.4. The van der Waals surface area contributed by atoms with Gasteiger partial charge in [0.15, 0.2) is 11.4 Å². The van der Waals surface area contributed by atoms with E-state index >= 15 is 0 Å². The lowest BCUT2D eigenvalue weighted by molar-refractivity contribution is -0.384. The normalized spacial score (nSPS) is 17.7. The summed E-state index contributed by atoms with van der Waals surface area (Å²) in [5.74, 6) is -0.0705. The first-order chi connectivity index (χ1) is 10.5. The average molecular weight is 367 g/mol. The molecule has 0 unspecified atom stereocenters. The molecule has 0 radical (unpaired) electrons. The van der Waals surface area contributed by atoms with Crippen molar-refractivity contribution in [1.82, 2.24) is 0 Å². The second-order valence-corrected chi connectivity index (χ2v) is 7.96. The maximum Gasteiger partial charge on any atom is 0.297 e. The largest absolute Gasteiger partial charge is 0.489 e. The van der Waals surface area contributed by atoms with E-state index in [1.807, 2.05) is 0 Å². The fourth-order valence-electron chi connectivity index (χ4n) is 1.88. The summed E-state index contributed by atoms with van der Waals surface area (Å²) >= 11 is 0. The summed E-state index contributed by atoms with van der Waals surface area (Å²) in [5.41, 5.74) is -0.633. The number of sulfonamides is 1. The summed E-state index contributed by atoms with van der Waals surface area (Å²) in [6, 6.07) is 1.18. The Morgan fingerprint density at radius 2 is 2.09 bits per heavy atom. The summed E-state index contributed by atoms with van der Waals surface area (Å²) in [6.45, 7) is -0.375. The third kappa shape index (κ3) is 4.28. The van der Waals surface area contributed by atoms with Gasteiger partial charge in [-0.15, -0.1) is 0 Å². The molecule has 1 aromatic carbocycles. The first kappa shape index (κ1) is 17.4. The summed E-state index contributed by atoms with van der Waals surface area (Å²) < 4.78 is 54.5. The van der Waals surface area contributed by atoms with E-state index in [0.29, 0.717) is 0 Å². The van der Waals surface area contributed by atoms with Crippen LogP contribution >= 0.6 is 0 Å². The Bertz CT molecular complexity index is 849. The number of hydrogen-bond donors (Lipinski definition) is 2. The molecule has 0 fully saturated rings. The van der Waals surface area contributed by atoms with Gasteiger partial charge in [0.2, 0.25) is 10.0 Å². The molecule has 1 atom stereocenters. The number of nitro groups is 1. The zero-order chi connectivity index (χ0) is 17.4. The summed E-state index contributed by atoms with van der Waals surface area (Å²) in [5, 5.41) is 18.8. The number of benzene rings is 1. The standard InChI is InChI=1S/C10H13N3O8S2/c1-22(16,17)21-5-6-4-20-9-3-7(23(11,18)19)2-8(13(14)15)10(9)12-6/h2-3,6,12H,4-5H2,1H3,(H2,11,18,19)/t6-/m1/s1. The molecular weight excluding hydrogens is 354 g/mol. The van der Waals surface area contributed by atoms with Gasteiger partial charge in [-0.2, -0.15) is 8.42 Å². The Morgan fingerprint density at radius 1 is 1.43 bits per heavy atom. The molecule has 3 N–H and O–H groups in total. The number of nitrogens with zero attached hydrogens (tertiary/aromatic N) is 1. The van der Waals surface area contributed by atoms with Gasteiger partial charge in [-0.1, -0.05) is 0 Å². The van der Waals surface area contributed by atoms with E-state index in [4.69, 9.17) is 9.88 Å². The van der Waals surface area contributed by atoms with Crippen LogP contribution < -0.4 is 15.2 Å². The first-order valence-electron chi connectivity index (χ1n) is 6.06. The highest BCUT2D eigenvalue weighted by Gasteiger charge is 2.30. The third-order valence-corrected chi connectivity index (χ3v) is 4.31. The van der Waals surface area contributed by atoms with Crippen molar-refractivity contribution in [2.45, 2.75) is 10.9 Å². The average Bonchev–Trinajstić information content (AvgIpc) is 2.41. The zero-order valence-corrected chi connectivity index (χ0v) is 13.4. The first-order valence-corrected chi connectivity index (χ1v) is 9.42. The number of hydrogen-bond acceptors (Lipinski definition) is 9. The van der Waals surface area contributed by atoms with Gasteiger partial charge in [0, 0.05) is 12.1 Å². The molecule has 2 rings (SSSR count). The topological polar surface area (TPSA) is 168 Å². The van der Waals surface area contributed by atoms with Gasteiger partial charge < -0.3 is 10.1 Å². The Balaban J connectivity index is 2.37. The second kappa shape index (κ2) is 5.92. The molecule has 128 valence electrons. The van der Waals surface area contributed by atoms with Crippen LogP contribution in [0.1, 0.15) is 0 Å². The van der Waals surface area contributed by atoms with Crippen molar-refractivity contribution in [3.8, 4) is 5.75 Å². The monoisotopic (exact) mass is 367 g/mol. The van der Waals surface area contributed by atoms with E-state index < -0.39 is 41.7 Å². The number of nitrogens with one attached hydrogen (secondary N) is 1. The smallest absolute Gasteiger partial charge is 0.297 e. The molecule has 0 spiro atoms. The van der Waals surface area contributed by atoms with Crippen molar-refractivity contribution in [2.75, 3.05) is 24.8 Å². The quantitative estimate of drug-likeness (QED) is 0.392. The molecule has 11 nitrogen and oxygen atoms in total. The van der Waals surface area contributed by atoms with E-state index in [1.54, 1.807) is 0 Å². The van der Waals surface area contributed by atoms with Crippen LogP contribution in [0.15, 0.2) is 17.0 Å². The van der Waals surface area contributed by atoms with Crippen LogP contribution in [0.25, 0.3) is 0 Å². The lowest BCUT2D eigenvalue weighted by Gasteiger charge is -2.26. The van der Waals surface area contributed by atoms with Crippen molar-refractivity contribution < 1.29 is 30.7 Å². The van der Waals surface area contributed by atoms with Gasteiger partial charge in [0.25, 0.3) is 15.8 Å². The Morgan fingerprint density at radius 3 is 2.61 bits per heavy atom. The number of rotatable bonds is 5. The Kier molecular flexibility index (Phi) is 4.48. The number of nitro benzene ring substituents is 1. The van der Waals surface area contributed by atoms with Gasteiger partial charge in [0.1, 0.15) is 6.61 Å². The van der Waals surface area contributed by atoms with Crippen molar-refractivity contribution in [3.63, 3.8) is 0 Å². The van der Waals surface area contributed by atoms with Gasteiger partial charge in [-0.25, -0.2) is 13.6 Å². The van der Waals surface area contributed by atoms with Crippen LogP contribution in [-0.2, 0) is 24.3 Å². The molecule has 23 heavy (non-hydrogen) atoms. The molecule has 0 saturated heterocycles. The second-order valence-electron chi connectivity index (χ2n) is 4.76. The number of anilines is 1. The van der Waals surface area contributed by atoms with Crippen molar-refractivity contribution in [1.29, 1.82) is 0 Å². The van der Waals surface area contributed by atoms with Crippen LogP contribution in [-0.4, -0.2) is 47.3 Å². The Labute approximate surface area is 131 Å². The predicted molar refractivity (Wildman–Crippen MR) is 78.2 cm³/mol. The molecule has 1 heterocycles. The molecule has 1 aliphatic rings. The number of nitrogens with two attached hydrogens (primary N) is 1. The van der Waals surface area contributed by atoms with E-state index in [2.05, 4.69) is 9.50 Å². The summed E-state index contributed by atoms with van der Waals surface area (Å²) in [6.07, 6.45) is 0.867. The van der Waals surface area contributed by atoms with Gasteiger partial charge in [-0.05, 0) is 0 Å². The SMILES string of the molecule is CS(=O)(=O)OC[C@H]1COc2cc(S(N)(=O)=O)cc([N+](=O)[O-])c2N1. The number of fused-ring (bicyclic) bond motifs is 1. The molecule has 0 aromatic heterocycles. The highest BCUT2D eigenvalue weighted by atomic mass is 32.2.